The molecule has 2 fully saturated rings. The van der Waals surface area contributed by atoms with Crippen molar-refractivity contribution in [1.29, 1.82) is 0 Å². The lowest BCUT2D eigenvalue weighted by Crippen LogP contribution is -2.42. The Labute approximate surface area is 285 Å². The highest BCUT2D eigenvalue weighted by Crippen LogP contribution is 2.52. The van der Waals surface area contributed by atoms with Gasteiger partial charge in [0.25, 0.3) is 0 Å². The number of fused-ring (bicyclic) bond motifs is 6. The molecule has 0 radical (unpaired) electrons. The highest BCUT2D eigenvalue weighted by molar-refractivity contribution is 5.81. The number of Topliss-reactive ketones (excluding diaryl/α,β-unsaturated/α-hetero) is 2. The molecule has 0 heterocycles. The van der Waals surface area contributed by atoms with Gasteiger partial charge in [-0.3, -0.25) is 9.59 Å². The zero-order valence-corrected chi connectivity index (χ0v) is 28.0. The second-order valence-corrected chi connectivity index (χ2v) is 15.0. The monoisotopic (exact) mass is 640 g/mol. The molecule has 4 aromatic carbocycles. The van der Waals surface area contributed by atoms with Crippen molar-refractivity contribution in [1.82, 2.24) is 0 Å². The molecule has 248 valence electrons. The Bertz CT molecular complexity index is 1630. The van der Waals surface area contributed by atoms with Crippen molar-refractivity contribution in [2.75, 3.05) is 0 Å². The molecule has 4 aromatic rings. The van der Waals surface area contributed by atoms with Crippen molar-refractivity contribution in [3.63, 3.8) is 0 Å². The summed E-state index contributed by atoms with van der Waals surface area (Å²) in [6.07, 6.45) is 13.1. The number of phenolic OH excluding ortho intramolecular Hbond substituents is 2. The molecule has 0 saturated heterocycles. The molecule has 0 bridgehead atoms. The van der Waals surface area contributed by atoms with E-state index in [1.807, 2.05) is 24.3 Å². The molecule has 2 N–H and O–H groups in total. The van der Waals surface area contributed by atoms with E-state index in [0.717, 1.165) is 64.2 Å². The van der Waals surface area contributed by atoms with Crippen molar-refractivity contribution >= 4 is 11.6 Å². The van der Waals surface area contributed by atoms with Crippen LogP contribution < -0.4 is 0 Å². The number of benzene rings is 4. The first-order chi connectivity index (χ1) is 23.3. The van der Waals surface area contributed by atoms with Crippen molar-refractivity contribution in [3.8, 4) is 11.5 Å². The largest absolute Gasteiger partial charge is 0.508 e. The van der Waals surface area contributed by atoms with Crippen LogP contribution in [0.15, 0.2) is 97.1 Å². The molecule has 8 rings (SSSR count). The summed E-state index contributed by atoms with van der Waals surface area (Å²) < 4.78 is 0. The maximum Gasteiger partial charge on any atom is 0.133 e. The van der Waals surface area contributed by atoms with Crippen molar-refractivity contribution < 1.29 is 19.8 Å². The normalized spacial score (nSPS) is 26.3. The Hall–Kier alpha value is -4.18. The summed E-state index contributed by atoms with van der Waals surface area (Å²) in [4.78, 5) is 24.3. The van der Waals surface area contributed by atoms with Gasteiger partial charge in [-0.1, -0.05) is 72.8 Å². The lowest BCUT2D eigenvalue weighted by Gasteiger charge is -2.44. The minimum absolute atomic E-state index is 0.0365. The Kier molecular flexibility index (Phi) is 9.27. The molecule has 4 heteroatoms. The number of aromatic hydroxyl groups is 2. The van der Waals surface area contributed by atoms with Gasteiger partial charge in [-0.05, 0) is 134 Å². The van der Waals surface area contributed by atoms with Gasteiger partial charge in [-0.2, -0.15) is 0 Å². The molecule has 2 saturated carbocycles. The van der Waals surface area contributed by atoms with Gasteiger partial charge in [0.05, 0.1) is 0 Å². The third kappa shape index (κ3) is 6.46. The summed E-state index contributed by atoms with van der Waals surface area (Å²) in [5.41, 5.74) is 8.07. The van der Waals surface area contributed by atoms with Crippen molar-refractivity contribution in [3.05, 3.63) is 130 Å². The maximum atomic E-state index is 12.2. The van der Waals surface area contributed by atoms with Crippen LogP contribution in [0.25, 0.3) is 0 Å². The van der Waals surface area contributed by atoms with Crippen LogP contribution in [0.4, 0.5) is 0 Å². The molecular weight excluding hydrogens is 592 g/mol. The summed E-state index contributed by atoms with van der Waals surface area (Å²) in [6, 6.07) is 33.1. The third-order valence-electron chi connectivity index (χ3n) is 12.2. The maximum absolute atomic E-state index is 12.2. The van der Waals surface area contributed by atoms with Crippen LogP contribution in [0.2, 0.25) is 0 Å². The van der Waals surface area contributed by atoms with E-state index in [0.29, 0.717) is 60.6 Å². The summed E-state index contributed by atoms with van der Waals surface area (Å²) in [5, 5.41) is 19.9. The number of aryl methyl sites for hydroxylation is 2. The summed E-state index contributed by atoms with van der Waals surface area (Å²) in [7, 11) is 0. The Balaban J connectivity index is 0.000000152. The fourth-order valence-electron chi connectivity index (χ4n) is 9.94. The molecule has 48 heavy (non-hydrogen) atoms. The van der Waals surface area contributed by atoms with Gasteiger partial charge >= 0.3 is 0 Å². The first-order valence-electron chi connectivity index (χ1n) is 18.1. The SMILES string of the molecule is O=C1CC[C@@]2(Cc3ccccc3)c3ccc(O)cc3CCC[C@@H]2C1.O=C1CC[C@]2(Cc3ccccc3)c3ccc(O)cc3CCC[C@H]2C1. The average molecular weight is 641 g/mol. The molecule has 4 nitrogen and oxygen atoms in total. The number of carbonyl (C=O) groups excluding carboxylic acids is 2. The van der Waals surface area contributed by atoms with Gasteiger partial charge in [0, 0.05) is 36.5 Å². The molecule has 0 spiro atoms. The first kappa shape index (κ1) is 32.4. The smallest absolute Gasteiger partial charge is 0.133 e. The lowest BCUT2D eigenvalue weighted by atomic mass is 9.59. The van der Waals surface area contributed by atoms with Gasteiger partial charge in [-0.25, -0.2) is 0 Å². The first-order valence-corrected chi connectivity index (χ1v) is 18.1. The van der Waals surface area contributed by atoms with Crippen LogP contribution in [0, 0.1) is 11.8 Å². The van der Waals surface area contributed by atoms with Crippen LogP contribution in [-0.4, -0.2) is 21.8 Å². The molecule has 0 unspecified atom stereocenters. The summed E-state index contributed by atoms with van der Waals surface area (Å²) >= 11 is 0. The molecule has 4 atom stereocenters. The molecular formula is C44H48O4. The number of hydrogen-bond donors (Lipinski definition) is 2. The number of hydrogen-bond acceptors (Lipinski definition) is 4. The van der Waals surface area contributed by atoms with Crippen LogP contribution in [0.1, 0.15) is 97.6 Å². The predicted molar refractivity (Wildman–Crippen MR) is 190 cm³/mol. The van der Waals surface area contributed by atoms with Gasteiger partial charge in [-0.15, -0.1) is 0 Å². The van der Waals surface area contributed by atoms with Gasteiger partial charge in [0.1, 0.15) is 23.1 Å². The van der Waals surface area contributed by atoms with Gasteiger partial charge < -0.3 is 10.2 Å². The second kappa shape index (κ2) is 13.7. The fourth-order valence-corrected chi connectivity index (χ4v) is 9.94. The van der Waals surface area contributed by atoms with E-state index < -0.39 is 0 Å². The number of ketones is 2. The molecule has 0 amide bonds. The van der Waals surface area contributed by atoms with E-state index in [2.05, 4.69) is 72.8 Å². The number of carbonyl (C=O) groups is 2. The van der Waals surface area contributed by atoms with Crippen LogP contribution in [0.5, 0.6) is 11.5 Å². The highest BCUT2D eigenvalue weighted by atomic mass is 16.3. The Morgan fingerprint density at radius 3 is 1.38 bits per heavy atom. The van der Waals surface area contributed by atoms with Gasteiger partial charge in [0.2, 0.25) is 0 Å². The van der Waals surface area contributed by atoms with Crippen molar-refractivity contribution in [2.45, 2.75) is 101 Å². The fraction of sp³-hybridized carbons (Fsp3) is 0.409. The van der Waals surface area contributed by atoms with Crippen molar-refractivity contribution in [2.24, 2.45) is 11.8 Å². The highest BCUT2D eigenvalue weighted by Gasteiger charge is 2.47. The standard InChI is InChI=1S/2C22H24O2/c2*23-19-9-10-21-17(13-19)7-4-8-18-14-20(24)11-12-22(18,21)15-16-5-2-1-3-6-16/h2*1-3,5-6,9-10,13,18,23H,4,7-8,11-12,14-15H2/t2*18-,22+/m10/s1. The zero-order chi connectivity index (χ0) is 33.1. The van der Waals surface area contributed by atoms with Crippen LogP contribution in [-0.2, 0) is 46.1 Å². The van der Waals surface area contributed by atoms with E-state index in [1.54, 1.807) is 0 Å². The van der Waals surface area contributed by atoms with E-state index in [-0.39, 0.29) is 10.8 Å². The van der Waals surface area contributed by atoms with Gasteiger partial charge in [0.15, 0.2) is 0 Å². The second-order valence-electron chi connectivity index (χ2n) is 15.0. The Morgan fingerprint density at radius 1 is 0.542 bits per heavy atom. The van der Waals surface area contributed by atoms with Crippen LogP contribution >= 0.6 is 0 Å². The minimum Gasteiger partial charge on any atom is -0.508 e. The molecule has 4 aliphatic rings. The molecule has 4 aliphatic carbocycles. The lowest BCUT2D eigenvalue weighted by molar-refractivity contribution is -0.124. The minimum atomic E-state index is 0.0365. The summed E-state index contributed by atoms with van der Waals surface area (Å²) in [6.45, 7) is 0. The predicted octanol–water partition coefficient (Wildman–Crippen LogP) is 9.16. The zero-order valence-electron chi connectivity index (χ0n) is 28.0. The van der Waals surface area contributed by atoms with E-state index in [1.165, 1.54) is 33.4 Å². The average Bonchev–Trinajstić information content (AvgIpc) is 3.33. The topological polar surface area (TPSA) is 74.6 Å². The van der Waals surface area contributed by atoms with E-state index in [9.17, 15) is 19.8 Å². The quantitative estimate of drug-likeness (QED) is 0.233. The van der Waals surface area contributed by atoms with E-state index >= 15 is 0 Å². The van der Waals surface area contributed by atoms with E-state index in [4.69, 9.17) is 0 Å². The third-order valence-corrected chi connectivity index (χ3v) is 12.2. The Morgan fingerprint density at radius 2 is 0.958 bits per heavy atom. The summed E-state index contributed by atoms with van der Waals surface area (Å²) in [5.74, 6) is 2.40. The number of rotatable bonds is 4. The number of phenols is 2. The molecule has 0 aromatic heterocycles. The molecule has 0 aliphatic heterocycles. The van der Waals surface area contributed by atoms with Crippen LogP contribution in [0.3, 0.4) is 0 Å².